The Bertz CT molecular complexity index is 1240. The molecule has 9 nitrogen and oxygen atoms in total. The number of rotatable bonds is 7. The molecule has 0 fully saturated rings. The highest BCUT2D eigenvalue weighted by atomic mass is 32.1. The molecular formula is C24H22N2O7S. The van der Waals surface area contributed by atoms with E-state index in [0.717, 1.165) is 22.2 Å². The minimum atomic E-state index is -0.893. The van der Waals surface area contributed by atoms with Crippen LogP contribution in [0.15, 0.2) is 59.0 Å². The lowest BCUT2D eigenvalue weighted by atomic mass is 10.0. The van der Waals surface area contributed by atoms with E-state index in [1.807, 2.05) is 23.6 Å². The number of methoxy groups -OCH3 is 2. The van der Waals surface area contributed by atoms with Gasteiger partial charge in [0.1, 0.15) is 17.1 Å². The van der Waals surface area contributed by atoms with Crippen LogP contribution in [-0.2, 0) is 9.53 Å². The normalized spacial score (nSPS) is 15.1. The van der Waals surface area contributed by atoms with Crippen molar-refractivity contribution in [1.29, 1.82) is 0 Å². The summed E-state index contributed by atoms with van der Waals surface area (Å²) in [7, 11) is 3.08. The van der Waals surface area contributed by atoms with Crippen LogP contribution in [0.3, 0.4) is 0 Å². The first-order chi connectivity index (χ1) is 16.4. The molecule has 0 bridgehead atoms. The van der Waals surface area contributed by atoms with Crippen LogP contribution in [0.5, 0.6) is 23.0 Å². The zero-order valence-corrected chi connectivity index (χ0v) is 19.2. The summed E-state index contributed by atoms with van der Waals surface area (Å²) in [6, 6.07) is 12.2. The van der Waals surface area contributed by atoms with Gasteiger partial charge in [0.05, 0.1) is 30.9 Å². The third kappa shape index (κ3) is 4.67. The number of amides is 1. The largest absolute Gasteiger partial charge is 0.508 e. The summed E-state index contributed by atoms with van der Waals surface area (Å²) in [5, 5.41) is 27.0. The van der Waals surface area contributed by atoms with Gasteiger partial charge in [0, 0.05) is 12.5 Å². The Morgan fingerprint density at radius 3 is 2.56 bits per heavy atom. The van der Waals surface area contributed by atoms with E-state index in [4.69, 9.17) is 14.2 Å². The van der Waals surface area contributed by atoms with Crippen molar-refractivity contribution in [3.63, 3.8) is 0 Å². The summed E-state index contributed by atoms with van der Waals surface area (Å²) in [6.07, 6.45) is 0.467. The number of carbonyl (C=O) groups excluding carboxylic acids is 2. The molecule has 1 aromatic heterocycles. The van der Waals surface area contributed by atoms with E-state index < -0.39 is 30.3 Å². The van der Waals surface area contributed by atoms with E-state index in [-0.39, 0.29) is 11.3 Å². The van der Waals surface area contributed by atoms with Gasteiger partial charge in [-0.3, -0.25) is 4.79 Å². The van der Waals surface area contributed by atoms with E-state index in [1.54, 1.807) is 19.2 Å². The third-order valence-corrected chi connectivity index (χ3v) is 6.21. The highest BCUT2D eigenvalue weighted by Gasteiger charge is 2.34. The molecular weight excluding hydrogens is 460 g/mol. The van der Waals surface area contributed by atoms with Crippen molar-refractivity contribution >= 4 is 28.9 Å². The van der Waals surface area contributed by atoms with E-state index in [2.05, 4.69) is 5.10 Å². The molecule has 2 N–H and O–H groups in total. The van der Waals surface area contributed by atoms with Gasteiger partial charge >= 0.3 is 5.97 Å². The maximum atomic E-state index is 13.1. The lowest BCUT2D eigenvalue weighted by Gasteiger charge is -2.22. The smallest absolute Gasteiger partial charge is 0.342 e. The number of hydrogen-bond acceptors (Lipinski definition) is 9. The highest BCUT2D eigenvalue weighted by Crippen LogP contribution is 2.38. The molecule has 176 valence electrons. The molecule has 0 saturated heterocycles. The van der Waals surface area contributed by atoms with Crippen LogP contribution in [0, 0.1) is 0 Å². The summed E-state index contributed by atoms with van der Waals surface area (Å²) >= 11 is 1.52. The molecule has 1 amide bonds. The Hall–Kier alpha value is -4.05. The molecule has 0 unspecified atom stereocenters. The van der Waals surface area contributed by atoms with E-state index in [0.29, 0.717) is 17.9 Å². The Balaban J connectivity index is 1.56. The number of phenols is 2. The fourth-order valence-electron chi connectivity index (χ4n) is 3.62. The predicted octanol–water partition coefficient (Wildman–Crippen LogP) is 3.71. The van der Waals surface area contributed by atoms with Gasteiger partial charge < -0.3 is 24.4 Å². The molecule has 4 rings (SSSR count). The van der Waals surface area contributed by atoms with Gasteiger partial charge in [0.25, 0.3) is 5.91 Å². The van der Waals surface area contributed by atoms with Crippen molar-refractivity contribution in [2.24, 2.45) is 5.10 Å². The predicted molar refractivity (Wildman–Crippen MR) is 125 cm³/mol. The molecule has 1 aliphatic heterocycles. The topological polar surface area (TPSA) is 118 Å². The van der Waals surface area contributed by atoms with Crippen LogP contribution in [-0.4, -0.2) is 53.6 Å². The first-order valence-electron chi connectivity index (χ1n) is 10.3. The number of phenolic OH excluding ortho intramolecular Hbond substituents is 2. The molecule has 1 aliphatic rings. The lowest BCUT2D eigenvalue weighted by molar-refractivity contribution is -0.136. The lowest BCUT2D eigenvalue weighted by Crippen LogP contribution is -2.31. The van der Waals surface area contributed by atoms with Gasteiger partial charge in [-0.15, -0.1) is 11.3 Å². The highest BCUT2D eigenvalue weighted by molar-refractivity contribution is 7.12. The second-order valence-electron chi connectivity index (χ2n) is 7.37. The number of thiophene rings is 1. The number of hydrazone groups is 1. The Morgan fingerprint density at radius 2 is 1.88 bits per heavy atom. The number of hydrogen-bond donors (Lipinski definition) is 2. The maximum Gasteiger partial charge on any atom is 0.342 e. The van der Waals surface area contributed by atoms with Crippen LogP contribution in [0.2, 0.25) is 0 Å². The average Bonchev–Trinajstić information content (AvgIpc) is 3.52. The Labute approximate surface area is 199 Å². The fraction of sp³-hybridized carbons (Fsp3) is 0.208. The van der Waals surface area contributed by atoms with Crippen molar-refractivity contribution in [1.82, 2.24) is 5.01 Å². The van der Waals surface area contributed by atoms with Gasteiger partial charge in [0.2, 0.25) is 0 Å². The number of carbonyl (C=O) groups is 2. The number of nitrogens with zero attached hydrogens (tertiary/aromatic N) is 2. The van der Waals surface area contributed by atoms with Crippen LogP contribution in [0.25, 0.3) is 0 Å². The van der Waals surface area contributed by atoms with Crippen LogP contribution in [0.4, 0.5) is 0 Å². The first-order valence-corrected chi connectivity index (χ1v) is 11.1. The minimum Gasteiger partial charge on any atom is -0.508 e. The minimum absolute atomic E-state index is 0.161. The molecule has 0 spiro atoms. The number of esters is 1. The monoisotopic (exact) mass is 482 g/mol. The average molecular weight is 483 g/mol. The van der Waals surface area contributed by atoms with Gasteiger partial charge in [-0.25, -0.2) is 9.80 Å². The molecule has 2 heterocycles. The van der Waals surface area contributed by atoms with Gasteiger partial charge in [0.15, 0.2) is 18.1 Å². The third-order valence-electron chi connectivity index (χ3n) is 5.29. The second kappa shape index (κ2) is 9.84. The van der Waals surface area contributed by atoms with Crippen molar-refractivity contribution in [2.75, 3.05) is 20.8 Å². The quantitative estimate of drug-likeness (QED) is 0.493. The molecule has 34 heavy (non-hydrogen) atoms. The van der Waals surface area contributed by atoms with Crippen molar-refractivity contribution in [3.05, 3.63) is 69.9 Å². The summed E-state index contributed by atoms with van der Waals surface area (Å²) in [4.78, 5) is 26.4. The number of ether oxygens (including phenoxy) is 3. The molecule has 1 atom stereocenters. The fourth-order valence-corrected chi connectivity index (χ4v) is 4.34. The zero-order valence-electron chi connectivity index (χ0n) is 18.4. The summed E-state index contributed by atoms with van der Waals surface area (Å²) in [6.45, 7) is -0.579. The molecule has 10 heteroatoms. The van der Waals surface area contributed by atoms with Gasteiger partial charge in [-0.05, 0) is 41.3 Å². The SMILES string of the molecule is COc1ccc([C@@H]2CC(c3cccs3)=NN2C(=O)COC(=O)c2ccc(O)cc2O)cc1OC. The molecule has 2 aromatic carbocycles. The summed E-state index contributed by atoms with van der Waals surface area (Å²) in [5.74, 6) is -0.987. The van der Waals surface area contributed by atoms with E-state index in [9.17, 15) is 19.8 Å². The van der Waals surface area contributed by atoms with Gasteiger partial charge in [-0.1, -0.05) is 12.1 Å². The number of benzene rings is 2. The first kappa shape index (κ1) is 23.1. The van der Waals surface area contributed by atoms with E-state index >= 15 is 0 Å². The maximum absolute atomic E-state index is 13.1. The molecule has 3 aromatic rings. The van der Waals surface area contributed by atoms with Crippen molar-refractivity contribution in [2.45, 2.75) is 12.5 Å². The zero-order chi connectivity index (χ0) is 24.2. The second-order valence-corrected chi connectivity index (χ2v) is 8.32. The van der Waals surface area contributed by atoms with Gasteiger partial charge in [-0.2, -0.15) is 5.10 Å². The Morgan fingerprint density at radius 1 is 1.09 bits per heavy atom. The standard InChI is InChI=1S/C24H22N2O7S/c1-31-20-8-5-14(10-21(20)32-2)18-12-17(22-4-3-9-34-22)25-26(18)23(29)13-33-24(30)16-7-6-15(27)11-19(16)28/h3-11,18,27-28H,12-13H2,1-2H3/t18-/m0/s1. The molecule has 0 radical (unpaired) electrons. The van der Waals surface area contributed by atoms with Crippen molar-refractivity contribution in [3.8, 4) is 23.0 Å². The van der Waals surface area contributed by atoms with Crippen molar-refractivity contribution < 1.29 is 34.0 Å². The van der Waals surface area contributed by atoms with Crippen LogP contribution in [0.1, 0.15) is 33.3 Å². The summed E-state index contributed by atoms with van der Waals surface area (Å²) < 4.78 is 15.8. The number of aromatic hydroxyl groups is 2. The van der Waals surface area contributed by atoms with Crippen LogP contribution < -0.4 is 9.47 Å². The molecule has 0 saturated carbocycles. The summed E-state index contributed by atoms with van der Waals surface area (Å²) in [5.41, 5.74) is 1.36. The van der Waals surface area contributed by atoms with Crippen LogP contribution >= 0.6 is 11.3 Å². The Kier molecular flexibility index (Phi) is 6.69. The van der Waals surface area contributed by atoms with E-state index in [1.165, 1.54) is 35.6 Å². The molecule has 0 aliphatic carbocycles.